The van der Waals surface area contributed by atoms with Crippen LogP contribution in [0.3, 0.4) is 0 Å². The Bertz CT molecular complexity index is 994. The van der Waals surface area contributed by atoms with Crippen LogP contribution >= 0.6 is 0 Å². The van der Waals surface area contributed by atoms with Gasteiger partial charge in [0.15, 0.2) is 5.82 Å². The third kappa shape index (κ3) is 4.03. The van der Waals surface area contributed by atoms with Crippen LogP contribution in [0.5, 0.6) is 0 Å². The lowest BCUT2D eigenvalue weighted by atomic mass is 9.95. The Labute approximate surface area is 162 Å². The molecule has 4 rings (SSSR count). The first kappa shape index (κ1) is 18.2. The van der Waals surface area contributed by atoms with Crippen LogP contribution in [0.4, 0.5) is 0 Å². The number of piperidine rings is 1. The van der Waals surface area contributed by atoms with Crippen molar-refractivity contribution in [3.8, 4) is 11.5 Å². The summed E-state index contributed by atoms with van der Waals surface area (Å²) in [4.78, 5) is 32.7. The topological polar surface area (TPSA) is 92.1 Å². The number of aromatic amines is 1. The van der Waals surface area contributed by atoms with Crippen molar-refractivity contribution in [1.29, 1.82) is 0 Å². The normalized spacial score (nSPS) is 15.0. The highest BCUT2D eigenvalue weighted by atomic mass is 16.5. The Balaban J connectivity index is 1.35. The lowest BCUT2D eigenvalue weighted by Gasteiger charge is -2.30. The predicted molar refractivity (Wildman–Crippen MR) is 104 cm³/mol. The minimum absolute atomic E-state index is 0.157. The SMILES string of the molecule is Cc1ccc(CC(=O)N2CCC(c3noc(-c4ccc(=O)[nH]c4)n3)CC2)cc1. The second-order valence-electron chi connectivity index (χ2n) is 7.22. The number of hydrogen-bond donors (Lipinski definition) is 1. The van der Waals surface area contributed by atoms with E-state index in [1.54, 1.807) is 12.3 Å². The van der Waals surface area contributed by atoms with Gasteiger partial charge in [0.2, 0.25) is 11.5 Å². The maximum absolute atomic E-state index is 12.6. The van der Waals surface area contributed by atoms with Crippen molar-refractivity contribution in [1.82, 2.24) is 20.0 Å². The lowest BCUT2D eigenvalue weighted by Crippen LogP contribution is -2.39. The van der Waals surface area contributed by atoms with Crippen LogP contribution < -0.4 is 5.56 Å². The first-order valence-corrected chi connectivity index (χ1v) is 9.44. The molecule has 0 saturated carbocycles. The first-order chi connectivity index (χ1) is 13.6. The molecule has 144 valence electrons. The summed E-state index contributed by atoms with van der Waals surface area (Å²) in [6, 6.07) is 11.2. The number of pyridine rings is 1. The summed E-state index contributed by atoms with van der Waals surface area (Å²) in [5.74, 6) is 1.38. The molecule has 7 nitrogen and oxygen atoms in total. The molecule has 2 aromatic heterocycles. The highest BCUT2D eigenvalue weighted by Gasteiger charge is 2.27. The number of hydrogen-bond acceptors (Lipinski definition) is 5. The maximum atomic E-state index is 12.6. The zero-order valence-electron chi connectivity index (χ0n) is 15.7. The van der Waals surface area contributed by atoms with E-state index < -0.39 is 0 Å². The average molecular weight is 378 g/mol. The van der Waals surface area contributed by atoms with Crippen LogP contribution in [0.15, 0.2) is 51.9 Å². The molecule has 28 heavy (non-hydrogen) atoms. The van der Waals surface area contributed by atoms with Gasteiger partial charge in [-0.05, 0) is 31.4 Å². The molecule has 1 amide bonds. The van der Waals surface area contributed by atoms with E-state index in [1.165, 1.54) is 11.6 Å². The molecule has 1 N–H and O–H groups in total. The quantitative estimate of drug-likeness (QED) is 0.754. The van der Waals surface area contributed by atoms with Gasteiger partial charge in [-0.25, -0.2) is 0 Å². The van der Waals surface area contributed by atoms with Crippen molar-refractivity contribution in [3.05, 3.63) is 69.9 Å². The van der Waals surface area contributed by atoms with E-state index in [9.17, 15) is 9.59 Å². The van der Waals surface area contributed by atoms with Gasteiger partial charge in [-0.15, -0.1) is 0 Å². The summed E-state index contributed by atoms with van der Waals surface area (Å²) in [6.07, 6.45) is 3.62. The Morgan fingerprint density at radius 3 is 2.61 bits per heavy atom. The van der Waals surface area contributed by atoms with Crippen LogP contribution in [0.1, 0.15) is 35.7 Å². The number of aryl methyl sites for hydroxylation is 1. The predicted octanol–water partition coefficient (Wildman–Crippen LogP) is 2.68. The molecule has 0 unspecified atom stereocenters. The van der Waals surface area contributed by atoms with E-state index in [1.807, 2.05) is 36.1 Å². The van der Waals surface area contributed by atoms with Crippen LogP contribution in [0.2, 0.25) is 0 Å². The fraction of sp³-hybridized carbons (Fsp3) is 0.333. The molecule has 7 heteroatoms. The minimum atomic E-state index is -0.175. The Morgan fingerprint density at radius 1 is 1.18 bits per heavy atom. The Kier molecular flexibility index (Phi) is 5.06. The zero-order valence-corrected chi connectivity index (χ0v) is 15.7. The number of carbonyl (C=O) groups excluding carboxylic acids is 1. The molecule has 1 saturated heterocycles. The van der Waals surface area contributed by atoms with Crippen molar-refractivity contribution < 1.29 is 9.32 Å². The van der Waals surface area contributed by atoms with Crippen molar-refractivity contribution in [2.24, 2.45) is 0 Å². The molecule has 0 spiro atoms. The Hall–Kier alpha value is -3.22. The summed E-state index contributed by atoms with van der Waals surface area (Å²) in [5, 5.41) is 4.10. The van der Waals surface area contributed by atoms with E-state index in [-0.39, 0.29) is 17.4 Å². The molecule has 0 aliphatic carbocycles. The molecule has 1 aliphatic rings. The average Bonchev–Trinajstić information content (AvgIpc) is 3.20. The summed E-state index contributed by atoms with van der Waals surface area (Å²) in [6.45, 7) is 3.42. The number of likely N-dealkylation sites (tertiary alicyclic amines) is 1. The first-order valence-electron chi connectivity index (χ1n) is 9.44. The molecule has 1 fully saturated rings. The molecule has 0 atom stereocenters. The highest BCUT2D eigenvalue weighted by Crippen LogP contribution is 2.28. The molecular weight excluding hydrogens is 356 g/mol. The molecule has 1 aromatic carbocycles. The standard InChI is InChI=1S/C21H22N4O3/c1-14-2-4-15(5-3-14)12-19(27)25-10-8-16(9-11-25)20-23-21(28-24-20)17-6-7-18(26)22-13-17/h2-7,13,16H,8-12H2,1H3,(H,22,26). The molecule has 3 aromatic rings. The summed E-state index contributed by atoms with van der Waals surface area (Å²) in [7, 11) is 0. The van der Waals surface area contributed by atoms with Gasteiger partial charge < -0.3 is 14.4 Å². The Morgan fingerprint density at radius 2 is 1.93 bits per heavy atom. The van der Waals surface area contributed by atoms with Crippen LogP contribution in [-0.2, 0) is 11.2 Å². The fourth-order valence-electron chi connectivity index (χ4n) is 3.44. The zero-order chi connectivity index (χ0) is 19.5. The maximum Gasteiger partial charge on any atom is 0.259 e. The van der Waals surface area contributed by atoms with E-state index in [2.05, 4.69) is 15.1 Å². The number of rotatable bonds is 4. The van der Waals surface area contributed by atoms with E-state index in [0.717, 1.165) is 18.4 Å². The number of benzene rings is 1. The molecule has 0 radical (unpaired) electrons. The number of H-pyrrole nitrogens is 1. The van der Waals surface area contributed by atoms with E-state index >= 15 is 0 Å². The van der Waals surface area contributed by atoms with Crippen molar-refractivity contribution >= 4 is 5.91 Å². The highest BCUT2D eigenvalue weighted by molar-refractivity contribution is 5.78. The third-order valence-electron chi connectivity index (χ3n) is 5.16. The van der Waals surface area contributed by atoms with Crippen molar-refractivity contribution in [3.63, 3.8) is 0 Å². The number of nitrogens with one attached hydrogen (secondary N) is 1. The smallest absolute Gasteiger partial charge is 0.259 e. The number of aromatic nitrogens is 3. The van der Waals surface area contributed by atoms with Gasteiger partial charge in [-0.1, -0.05) is 35.0 Å². The summed E-state index contributed by atoms with van der Waals surface area (Å²) >= 11 is 0. The van der Waals surface area contributed by atoms with Gasteiger partial charge in [0.1, 0.15) is 0 Å². The van der Waals surface area contributed by atoms with E-state index in [4.69, 9.17) is 4.52 Å². The second kappa shape index (κ2) is 7.80. The van der Waals surface area contributed by atoms with Gasteiger partial charge in [-0.2, -0.15) is 4.98 Å². The van der Waals surface area contributed by atoms with Gasteiger partial charge in [0.25, 0.3) is 5.89 Å². The van der Waals surface area contributed by atoms with Gasteiger partial charge >= 0.3 is 0 Å². The second-order valence-corrected chi connectivity index (χ2v) is 7.22. The molecule has 1 aliphatic heterocycles. The number of amides is 1. The van der Waals surface area contributed by atoms with E-state index in [0.29, 0.717) is 36.8 Å². The van der Waals surface area contributed by atoms with Crippen LogP contribution in [0, 0.1) is 6.92 Å². The monoisotopic (exact) mass is 378 g/mol. The summed E-state index contributed by atoms with van der Waals surface area (Å²) in [5.41, 5.74) is 2.75. The van der Waals surface area contributed by atoms with Gasteiger partial charge in [0, 0.05) is 31.3 Å². The lowest BCUT2D eigenvalue weighted by molar-refractivity contribution is -0.131. The van der Waals surface area contributed by atoms with Crippen LogP contribution in [-0.4, -0.2) is 39.0 Å². The molecule has 0 bridgehead atoms. The molecular formula is C21H22N4O3. The van der Waals surface area contributed by atoms with Gasteiger partial charge in [0.05, 0.1) is 12.0 Å². The van der Waals surface area contributed by atoms with Crippen molar-refractivity contribution in [2.75, 3.05) is 13.1 Å². The van der Waals surface area contributed by atoms with Crippen molar-refractivity contribution in [2.45, 2.75) is 32.1 Å². The number of nitrogens with zero attached hydrogens (tertiary/aromatic N) is 3. The largest absolute Gasteiger partial charge is 0.342 e. The third-order valence-corrected chi connectivity index (χ3v) is 5.16. The molecule has 3 heterocycles. The number of carbonyl (C=O) groups is 1. The van der Waals surface area contributed by atoms with Crippen LogP contribution in [0.25, 0.3) is 11.5 Å². The van der Waals surface area contributed by atoms with Gasteiger partial charge in [-0.3, -0.25) is 9.59 Å². The minimum Gasteiger partial charge on any atom is -0.342 e. The fourth-order valence-corrected chi connectivity index (χ4v) is 3.44. The summed E-state index contributed by atoms with van der Waals surface area (Å²) < 4.78 is 5.34.